The van der Waals surface area contributed by atoms with Gasteiger partial charge in [-0.15, -0.1) is 0 Å². The third kappa shape index (κ3) is 2.53. The zero-order valence-electron chi connectivity index (χ0n) is 11.0. The van der Waals surface area contributed by atoms with E-state index < -0.39 is 11.6 Å². The van der Waals surface area contributed by atoms with Crippen LogP contribution in [0.2, 0.25) is 0 Å². The summed E-state index contributed by atoms with van der Waals surface area (Å²) in [5, 5.41) is 0. The fraction of sp³-hybridized carbons (Fsp3) is 0.667. The van der Waals surface area contributed by atoms with Crippen LogP contribution in [0.25, 0.3) is 0 Å². The Morgan fingerprint density at radius 3 is 2.83 bits per heavy atom. The van der Waals surface area contributed by atoms with Crippen molar-refractivity contribution in [3.63, 3.8) is 0 Å². The highest BCUT2D eigenvalue weighted by Gasteiger charge is 2.36. The Kier molecular flexibility index (Phi) is 3.38. The Balaban J connectivity index is 2.12. The molecule has 18 heavy (non-hydrogen) atoms. The van der Waals surface area contributed by atoms with Crippen LogP contribution in [0, 0.1) is 0 Å². The maximum Gasteiger partial charge on any atom is 0.259 e. The van der Waals surface area contributed by atoms with Crippen molar-refractivity contribution in [1.29, 1.82) is 0 Å². The molecule has 1 amide bonds. The fourth-order valence-electron chi connectivity index (χ4n) is 2.19. The van der Waals surface area contributed by atoms with Crippen molar-refractivity contribution < 1.29 is 9.18 Å². The number of alkyl halides is 1. The van der Waals surface area contributed by atoms with Crippen LogP contribution >= 0.6 is 0 Å². The van der Waals surface area contributed by atoms with E-state index in [0.29, 0.717) is 19.6 Å². The SMILES string of the molecule is CN1CCN(C(=O)C(C)(C)F)CC1c1ncc[nH]1. The number of hydrogen-bond acceptors (Lipinski definition) is 3. The summed E-state index contributed by atoms with van der Waals surface area (Å²) >= 11 is 0. The molecule has 1 aromatic rings. The van der Waals surface area contributed by atoms with Crippen molar-refractivity contribution in [2.24, 2.45) is 0 Å². The Morgan fingerprint density at radius 2 is 2.28 bits per heavy atom. The van der Waals surface area contributed by atoms with Gasteiger partial charge in [0.2, 0.25) is 0 Å². The number of carbonyl (C=O) groups excluding carboxylic acids is 1. The van der Waals surface area contributed by atoms with Gasteiger partial charge < -0.3 is 9.88 Å². The molecule has 2 heterocycles. The molecular weight excluding hydrogens is 235 g/mol. The number of carbonyl (C=O) groups is 1. The Morgan fingerprint density at radius 1 is 1.56 bits per heavy atom. The van der Waals surface area contributed by atoms with Gasteiger partial charge >= 0.3 is 0 Å². The van der Waals surface area contributed by atoms with Crippen LogP contribution in [0.3, 0.4) is 0 Å². The van der Waals surface area contributed by atoms with Gasteiger partial charge in [0.1, 0.15) is 5.82 Å². The summed E-state index contributed by atoms with van der Waals surface area (Å²) < 4.78 is 13.7. The summed E-state index contributed by atoms with van der Waals surface area (Å²) in [6.45, 7) is 4.34. The predicted octanol–water partition coefficient (Wildman–Crippen LogP) is 0.973. The Bertz CT molecular complexity index is 412. The van der Waals surface area contributed by atoms with Crippen molar-refractivity contribution >= 4 is 5.91 Å². The summed E-state index contributed by atoms with van der Waals surface area (Å²) in [5.41, 5.74) is -1.82. The van der Waals surface area contributed by atoms with Gasteiger partial charge in [0.15, 0.2) is 5.67 Å². The second-order valence-electron chi connectivity index (χ2n) is 5.19. The highest BCUT2D eigenvalue weighted by atomic mass is 19.1. The number of aromatic nitrogens is 2. The van der Waals surface area contributed by atoms with Gasteiger partial charge in [-0.25, -0.2) is 9.37 Å². The quantitative estimate of drug-likeness (QED) is 0.855. The highest BCUT2D eigenvalue weighted by Crippen LogP contribution is 2.23. The lowest BCUT2D eigenvalue weighted by molar-refractivity contribution is -0.144. The lowest BCUT2D eigenvalue weighted by atomic mass is 10.1. The molecule has 5 nitrogen and oxygen atoms in total. The maximum absolute atomic E-state index is 13.7. The number of amides is 1. The second-order valence-corrected chi connectivity index (χ2v) is 5.19. The van der Waals surface area contributed by atoms with Crippen molar-refractivity contribution in [3.8, 4) is 0 Å². The van der Waals surface area contributed by atoms with Crippen molar-refractivity contribution in [2.45, 2.75) is 25.6 Å². The zero-order valence-corrected chi connectivity index (χ0v) is 11.0. The molecular formula is C12H19FN4O. The number of imidazole rings is 1. The van der Waals surface area contributed by atoms with Gasteiger partial charge in [-0.1, -0.05) is 0 Å². The monoisotopic (exact) mass is 254 g/mol. The average Bonchev–Trinajstić information content (AvgIpc) is 2.81. The number of H-pyrrole nitrogens is 1. The van der Waals surface area contributed by atoms with Crippen LogP contribution in [0.15, 0.2) is 12.4 Å². The van der Waals surface area contributed by atoms with Gasteiger partial charge in [0, 0.05) is 32.0 Å². The zero-order chi connectivity index (χ0) is 13.3. The first-order valence-corrected chi connectivity index (χ1v) is 6.07. The third-order valence-electron chi connectivity index (χ3n) is 3.28. The second kappa shape index (κ2) is 4.68. The molecule has 1 N–H and O–H groups in total. The number of nitrogens with one attached hydrogen (secondary N) is 1. The molecule has 1 atom stereocenters. The van der Waals surface area contributed by atoms with Crippen LogP contribution in [0.1, 0.15) is 25.7 Å². The van der Waals surface area contributed by atoms with E-state index >= 15 is 0 Å². The molecule has 6 heteroatoms. The number of rotatable bonds is 2. The largest absolute Gasteiger partial charge is 0.347 e. The summed E-state index contributed by atoms with van der Waals surface area (Å²) in [7, 11) is 1.98. The molecule has 1 fully saturated rings. The molecule has 0 bridgehead atoms. The molecule has 1 aliphatic rings. The molecule has 1 aliphatic heterocycles. The van der Waals surface area contributed by atoms with Crippen LogP contribution in [0.5, 0.6) is 0 Å². The number of hydrogen-bond donors (Lipinski definition) is 1. The Hall–Kier alpha value is -1.43. The van der Waals surface area contributed by atoms with E-state index in [4.69, 9.17) is 0 Å². The van der Waals surface area contributed by atoms with E-state index in [2.05, 4.69) is 14.9 Å². The van der Waals surface area contributed by atoms with E-state index in [1.165, 1.54) is 13.8 Å². The van der Waals surface area contributed by atoms with Gasteiger partial charge in [-0.2, -0.15) is 0 Å². The van der Waals surface area contributed by atoms with E-state index in [1.54, 1.807) is 17.3 Å². The maximum atomic E-state index is 13.7. The predicted molar refractivity (Wildman–Crippen MR) is 65.7 cm³/mol. The first kappa shape index (κ1) is 13.0. The smallest absolute Gasteiger partial charge is 0.259 e. The number of halogens is 1. The lowest BCUT2D eigenvalue weighted by Crippen LogP contribution is -2.53. The number of piperazine rings is 1. The molecule has 0 radical (unpaired) electrons. The first-order valence-electron chi connectivity index (χ1n) is 6.07. The fourth-order valence-corrected chi connectivity index (χ4v) is 2.19. The minimum Gasteiger partial charge on any atom is -0.347 e. The standard InChI is InChI=1S/C12H19FN4O/c1-12(2,13)11(18)17-7-6-16(3)9(8-17)10-14-4-5-15-10/h4-5,9H,6-8H2,1-3H3,(H,14,15). The van der Waals surface area contributed by atoms with Crippen molar-refractivity contribution in [2.75, 3.05) is 26.7 Å². The molecule has 100 valence electrons. The molecule has 2 rings (SSSR count). The molecule has 1 saturated heterocycles. The van der Waals surface area contributed by atoms with Crippen molar-refractivity contribution in [3.05, 3.63) is 18.2 Å². The van der Waals surface area contributed by atoms with Crippen molar-refractivity contribution in [1.82, 2.24) is 19.8 Å². The summed E-state index contributed by atoms with van der Waals surface area (Å²) in [5.74, 6) is 0.360. The van der Waals surface area contributed by atoms with Gasteiger partial charge in [0.05, 0.1) is 6.04 Å². The number of aromatic amines is 1. The minimum absolute atomic E-state index is 0.0000463. The van der Waals surface area contributed by atoms with Gasteiger partial charge in [-0.3, -0.25) is 9.69 Å². The third-order valence-corrected chi connectivity index (χ3v) is 3.28. The van der Waals surface area contributed by atoms with E-state index in [0.717, 1.165) is 5.82 Å². The molecule has 0 aromatic carbocycles. The molecule has 1 unspecified atom stereocenters. The lowest BCUT2D eigenvalue weighted by Gasteiger charge is -2.39. The topological polar surface area (TPSA) is 52.2 Å². The van der Waals surface area contributed by atoms with E-state index in [9.17, 15) is 9.18 Å². The van der Waals surface area contributed by atoms with E-state index in [-0.39, 0.29) is 6.04 Å². The highest BCUT2D eigenvalue weighted by molar-refractivity contribution is 5.84. The van der Waals surface area contributed by atoms with Crippen LogP contribution < -0.4 is 0 Å². The molecule has 1 aromatic heterocycles. The molecule has 0 saturated carbocycles. The number of likely N-dealkylation sites (N-methyl/N-ethyl adjacent to an activating group) is 1. The van der Waals surface area contributed by atoms with Gasteiger partial charge in [0.25, 0.3) is 5.91 Å². The number of nitrogens with zero attached hydrogens (tertiary/aromatic N) is 3. The summed E-state index contributed by atoms with van der Waals surface area (Å²) in [4.78, 5) is 22.9. The van der Waals surface area contributed by atoms with Crippen LogP contribution in [-0.2, 0) is 4.79 Å². The van der Waals surface area contributed by atoms with Crippen LogP contribution in [-0.4, -0.2) is 58.0 Å². The Labute approximate surface area is 106 Å². The summed E-state index contributed by atoms with van der Waals surface area (Å²) in [6.07, 6.45) is 3.44. The normalized spacial score (nSPS) is 22.2. The van der Waals surface area contributed by atoms with Gasteiger partial charge in [-0.05, 0) is 20.9 Å². The molecule has 0 spiro atoms. The van der Waals surface area contributed by atoms with E-state index in [1.807, 2.05) is 7.05 Å². The molecule has 0 aliphatic carbocycles. The first-order chi connectivity index (χ1) is 8.39. The average molecular weight is 254 g/mol. The minimum atomic E-state index is -1.82. The van der Waals surface area contributed by atoms with Crippen LogP contribution in [0.4, 0.5) is 4.39 Å². The summed E-state index contributed by atoms with van der Waals surface area (Å²) in [6, 6.07) is 0.0000463.